The molecule has 2 N–H and O–H groups in total. The van der Waals surface area contributed by atoms with Crippen LogP contribution in [0.4, 0.5) is 4.39 Å². The van der Waals surface area contributed by atoms with Gasteiger partial charge in [-0.3, -0.25) is 0 Å². The van der Waals surface area contributed by atoms with Crippen molar-refractivity contribution in [2.45, 2.75) is 13.8 Å². The van der Waals surface area contributed by atoms with Crippen LogP contribution in [0.1, 0.15) is 16.7 Å². The van der Waals surface area contributed by atoms with E-state index >= 15 is 0 Å². The van der Waals surface area contributed by atoms with Gasteiger partial charge in [-0.05, 0) is 49.7 Å². The first kappa shape index (κ1) is 13.5. The minimum absolute atomic E-state index is 0.258. The number of halogens is 1. The van der Waals surface area contributed by atoms with E-state index in [1.165, 1.54) is 6.07 Å². The van der Waals surface area contributed by atoms with E-state index in [9.17, 15) is 4.39 Å². The Balaban J connectivity index is 2.37. The van der Waals surface area contributed by atoms with Crippen LogP contribution < -0.4 is 10.5 Å². The average molecular weight is 275 g/mol. The molecule has 0 fully saturated rings. The van der Waals surface area contributed by atoms with Gasteiger partial charge in [0, 0.05) is 0 Å². The second-order valence-corrected chi connectivity index (χ2v) is 4.82. The molecule has 98 valence electrons. The van der Waals surface area contributed by atoms with Gasteiger partial charge in [-0.25, -0.2) is 4.39 Å². The second kappa shape index (κ2) is 5.36. The quantitative estimate of drug-likeness (QED) is 0.864. The molecular weight excluding hydrogens is 261 g/mol. The van der Waals surface area contributed by atoms with E-state index in [0.29, 0.717) is 22.6 Å². The molecule has 0 aliphatic carbocycles. The Labute approximate surface area is 117 Å². The second-order valence-electron chi connectivity index (χ2n) is 4.38. The van der Waals surface area contributed by atoms with Crippen LogP contribution in [0, 0.1) is 19.7 Å². The first-order chi connectivity index (χ1) is 8.97. The molecule has 0 atom stereocenters. The maximum Gasteiger partial charge on any atom is 0.137 e. The number of rotatable bonds is 3. The highest BCUT2D eigenvalue weighted by atomic mass is 32.1. The number of ether oxygens (including phenoxy) is 1. The highest BCUT2D eigenvalue weighted by Crippen LogP contribution is 2.27. The third-order valence-electron chi connectivity index (χ3n) is 2.76. The minimum atomic E-state index is -0.258. The van der Waals surface area contributed by atoms with E-state index in [2.05, 4.69) is 0 Å². The zero-order valence-electron chi connectivity index (χ0n) is 10.7. The highest BCUT2D eigenvalue weighted by Gasteiger charge is 2.09. The summed E-state index contributed by atoms with van der Waals surface area (Å²) in [5.41, 5.74) is 7.94. The first-order valence-electron chi connectivity index (χ1n) is 5.82. The molecule has 2 rings (SSSR count). The van der Waals surface area contributed by atoms with Crippen molar-refractivity contribution in [3.05, 3.63) is 58.9 Å². The number of thiocarbonyl (C=S) groups is 1. The number of nitrogens with two attached hydrogens (primary N) is 1. The van der Waals surface area contributed by atoms with Crippen LogP contribution in [0.3, 0.4) is 0 Å². The van der Waals surface area contributed by atoms with E-state index in [1.807, 2.05) is 25.1 Å². The molecule has 4 heteroatoms. The van der Waals surface area contributed by atoms with Gasteiger partial charge in [-0.1, -0.05) is 23.8 Å². The van der Waals surface area contributed by atoms with E-state index in [4.69, 9.17) is 22.7 Å². The predicted molar refractivity (Wildman–Crippen MR) is 78.3 cm³/mol. The lowest BCUT2D eigenvalue weighted by Gasteiger charge is -2.11. The number of aryl methyl sites for hydroxylation is 2. The fourth-order valence-corrected chi connectivity index (χ4v) is 1.89. The van der Waals surface area contributed by atoms with Gasteiger partial charge in [0.1, 0.15) is 22.3 Å². The Morgan fingerprint density at radius 1 is 1.16 bits per heavy atom. The molecule has 2 nitrogen and oxygen atoms in total. The average Bonchev–Trinajstić information content (AvgIpc) is 2.36. The Bertz CT molecular complexity index is 640. The van der Waals surface area contributed by atoms with Crippen molar-refractivity contribution < 1.29 is 9.13 Å². The summed E-state index contributed by atoms with van der Waals surface area (Å²) >= 11 is 5.01. The standard InChI is InChI=1S/C15H14FNOS/c1-9-3-6-14(12(7-9)15(17)19)18-11-4-5-13(16)10(2)8-11/h3-8H,1-2H3,(H2,17,19). The number of benzene rings is 2. The monoisotopic (exact) mass is 275 g/mol. The summed E-state index contributed by atoms with van der Waals surface area (Å²) in [5, 5.41) is 0. The lowest BCUT2D eigenvalue weighted by Crippen LogP contribution is -2.11. The summed E-state index contributed by atoms with van der Waals surface area (Å²) in [6, 6.07) is 10.2. The fraction of sp³-hybridized carbons (Fsp3) is 0.133. The zero-order valence-corrected chi connectivity index (χ0v) is 11.6. The molecule has 0 unspecified atom stereocenters. The van der Waals surface area contributed by atoms with E-state index in [0.717, 1.165) is 5.56 Å². The van der Waals surface area contributed by atoms with Crippen molar-refractivity contribution in [1.29, 1.82) is 0 Å². The number of hydrogen-bond donors (Lipinski definition) is 1. The maximum atomic E-state index is 13.2. The van der Waals surface area contributed by atoms with Gasteiger partial charge in [0.15, 0.2) is 0 Å². The molecule has 0 saturated heterocycles. The summed E-state index contributed by atoms with van der Waals surface area (Å²) in [4.78, 5) is 0.275. The van der Waals surface area contributed by atoms with Crippen LogP contribution in [0.25, 0.3) is 0 Å². The Morgan fingerprint density at radius 2 is 1.89 bits per heavy atom. The molecule has 0 saturated carbocycles. The minimum Gasteiger partial charge on any atom is -0.457 e. The van der Waals surface area contributed by atoms with Gasteiger partial charge in [0.2, 0.25) is 0 Å². The molecule has 0 amide bonds. The summed E-state index contributed by atoms with van der Waals surface area (Å²) < 4.78 is 18.9. The van der Waals surface area contributed by atoms with Gasteiger partial charge < -0.3 is 10.5 Å². The van der Waals surface area contributed by atoms with E-state index < -0.39 is 0 Å². The summed E-state index contributed by atoms with van der Waals surface area (Å²) in [6.45, 7) is 3.64. The normalized spacial score (nSPS) is 10.3. The third-order valence-corrected chi connectivity index (χ3v) is 2.98. The molecule has 0 radical (unpaired) electrons. The van der Waals surface area contributed by atoms with Crippen LogP contribution >= 0.6 is 12.2 Å². The molecule has 0 aromatic heterocycles. The molecule has 0 spiro atoms. The van der Waals surface area contributed by atoms with Gasteiger partial charge >= 0.3 is 0 Å². The van der Waals surface area contributed by atoms with Crippen LogP contribution in [0.15, 0.2) is 36.4 Å². The maximum absolute atomic E-state index is 13.2. The first-order valence-corrected chi connectivity index (χ1v) is 6.22. The molecule has 2 aromatic carbocycles. The lowest BCUT2D eigenvalue weighted by atomic mass is 10.1. The Kier molecular flexibility index (Phi) is 3.81. The van der Waals surface area contributed by atoms with Gasteiger partial charge in [0.05, 0.1) is 5.56 Å². The summed E-state index contributed by atoms with van der Waals surface area (Å²) in [5.74, 6) is 0.871. The molecular formula is C15H14FNOS. The molecule has 0 heterocycles. The zero-order chi connectivity index (χ0) is 14.0. The van der Waals surface area contributed by atoms with Crippen LogP contribution in [0.2, 0.25) is 0 Å². The largest absolute Gasteiger partial charge is 0.457 e. The molecule has 0 aliphatic heterocycles. The van der Waals surface area contributed by atoms with Crippen molar-refractivity contribution in [2.24, 2.45) is 5.73 Å². The van der Waals surface area contributed by atoms with Crippen LogP contribution in [-0.2, 0) is 0 Å². The SMILES string of the molecule is Cc1ccc(Oc2ccc(F)c(C)c2)c(C(N)=S)c1. The molecule has 0 bridgehead atoms. The predicted octanol–water partition coefficient (Wildman–Crippen LogP) is 3.87. The fourth-order valence-electron chi connectivity index (χ4n) is 1.73. The van der Waals surface area contributed by atoms with E-state index in [1.54, 1.807) is 19.1 Å². The van der Waals surface area contributed by atoms with Gasteiger partial charge in [-0.2, -0.15) is 0 Å². The third kappa shape index (κ3) is 3.09. The molecule has 0 aliphatic rings. The van der Waals surface area contributed by atoms with Crippen molar-refractivity contribution in [1.82, 2.24) is 0 Å². The Morgan fingerprint density at radius 3 is 2.53 bits per heavy atom. The molecule has 2 aromatic rings. The van der Waals surface area contributed by atoms with Crippen molar-refractivity contribution in [3.63, 3.8) is 0 Å². The smallest absolute Gasteiger partial charge is 0.137 e. The Hall–Kier alpha value is -1.94. The van der Waals surface area contributed by atoms with Crippen molar-refractivity contribution >= 4 is 17.2 Å². The molecule has 19 heavy (non-hydrogen) atoms. The van der Waals surface area contributed by atoms with Crippen LogP contribution in [0.5, 0.6) is 11.5 Å². The highest BCUT2D eigenvalue weighted by molar-refractivity contribution is 7.80. The van der Waals surface area contributed by atoms with Gasteiger partial charge in [0.25, 0.3) is 0 Å². The van der Waals surface area contributed by atoms with Crippen molar-refractivity contribution in [2.75, 3.05) is 0 Å². The summed E-state index contributed by atoms with van der Waals surface area (Å²) in [6.07, 6.45) is 0. The summed E-state index contributed by atoms with van der Waals surface area (Å²) in [7, 11) is 0. The topological polar surface area (TPSA) is 35.2 Å². The lowest BCUT2D eigenvalue weighted by molar-refractivity contribution is 0.478. The number of hydrogen-bond acceptors (Lipinski definition) is 2. The van der Waals surface area contributed by atoms with Gasteiger partial charge in [-0.15, -0.1) is 0 Å². The van der Waals surface area contributed by atoms with Crippen molar-refractivity contribution in [3.8, 4) is 11.5 Å². The van der Waals surface area contributed by atoms with Crippen LogP contribution in [-0.4, -0.2) is 4.99 Å². The van der Waals surface area contributed by atoms with E-state index in [-0.39, 0.29) is 10.8 Å².